The third kappa shape index (κ3) is 3.09. The second kappa shape index (κ2) is 6.29. The summed E-state index contributed by atoms with van der Waals surface area (Å²) < 4.78 is 0. The molecule has 2 amide bonds. The van der Waals surface area contributed by atoms with Crippen LogP contribution in [0, 0.1) is 0 Å². The number of aliphatic hydroxyl groups excluding tert-OH is 1. The summed E-state index contributed by atoms with van der Waals surface area (Å²) in [5, 5.41) is 9.09. The first-order valence-electron chi connectivity index (χ1n) is 6.90. The fourth-order valence-corrected chi connectivity index (χ4v) is 2.96. The van der Waals surface area contributed by atoms with E-state index in [9.17, 15) is 9.59 Å². The molecule has 0 radical (unpaired) electrons. The Kier molecular flexibility index (Phi) is 4.72. The van der Waals surface area contributed by atoms with Crippen LogP contribution in [0.3, 0.4) is 0 Å². The number of likely N-dealkylation sites (tertiary alicyclic amines) is 1. The summed E-state index contributed by atoms with van der Waals surface area (Å²) in [6, 6.07) is 0.402. The molecule has 0 atom stereocenters. The molecule has 1 aliphatic heterocycles. The van der Waals surface area contributed by atoms with Crippen molar-refractivity contribution in [1.82, 2.24) is 9.80 Å². The van der Waals surface area contributed by atoms with Gasteiger partial charge in [-0.1, -0.05) is 12.8 Å². The Morgan fingerprint density at radius 3 is 2.61 bits per heavy atom. The number of nitrogens with zero attached hydrogens (tertiary/aromatic N) is 2. The maximum absolute atomic E-state index is 12.1. The fraction of sp³-hybridized carbons (Fsp3) is 0.846. The summed E-state index contributed by atoms with van der Waals surface area (Å²) in [7, 11) is 0. The van der Waals surface area contributed by atoms with Crippen molar-refractivity contribution in [2.45, 2.75) is 44.6 Å². The van der Waals surface area contributed by atoms with E-state index in [1.165, 1.54) is 17.7 Å². The topological polar surface area (TPSA) is 60.9 Å². The number of imide groups is 1. The van der Waals surface area contributed by atoms with Gasteiger partial charge >= 0.3 is 0 Å². The van der Waals surface area contributed by atoms with Gasteiger partial charge < -0.3 is 5.11 Å². The van der Waals surface area contributed by atoms with Gasteiger partial charge in [0.1, 0.15) is 0 Å². The van der Waals surface area contributed by atoms with Gasteiger partial charge in [-0.2, -0.15) is 0 Å². The summed E-state index contributed by atoms with van der Waals surface area (Å²) in [5.74, 6) is -0.145. The second-order valence-electron chi connectivity index (χ2n) is 5.18. The maximum Gasteiger partial charge on any atom is 0.243 e. The van der Waals surface area contributed by atoms with Gasteiger partial charge in [0, 0.05) is 25.6 Å². The Balaban J connectivity index is 1.91. The van der Waals surface area contributed by atoms with Crippen LogP contribution in [0.25, 0.3) is 0 Å². The maximum atomic E-state index is 12.1. The highest BCUT2D eigenvalue weighted by molar-refractivity contribution is 5.97. The molecule has 18 heavy (non-hydrogen) atoms. The van der Waals surface area contributed by atoms with Crippen LogP contribution < -0.4 is 0 Å². The molecule has 0 unspecified atom stereocenters. The SMILES string of the molecule is O=C1CCCN1C(=O)CN(CCO)C1CCCC1. The molecule has 1 saturated carbocycles. The molecule has 0 aromatic heterocycles. The van der Waals surface area contributed by atoms with Gasteiger partial charge in [0.2, 0.25) is 11.8 Å². The monoisotopic (exact) mass is 254 g/mol. The molecule has 5 heteroatoms. The summed E-state index contributed by atoms with van der Waals surface area (Å²) in [6.07, 6.45) is 5.87. The molecular weight excluding hydrogens is 232 g/mol. The highest BCUT2D eigenvalue weighted by Gasteiger charge is 2.30. The summed E-state index contributed by atoms with van der Waals surface area (Å²) in [5.41, 5.74) is 0. The van der Waals surface area contributed by atoms with Gasteiger partial charge in [-0.15, -0.1) is 0 Å². The molecule has 2 rings (SSSR count). The van der Waals surface area contributed by atoms with Crippen LogP contribution in [0.4, 0.5) is 0 Å². The van der Waals surface area contributed by atoms with E-state index >= 15 is 0 Å². The first-order valence-corrected chi connectivity index (χ1v) is 6.90. The van der Waals surface area contributed by atoms with E-state index < -0.39 is 0 Å². The first-order chi connectivity index (χ1) is 8.72. The zero-order chi connectivity index (χ0) is 13.0. The lowest BCUT2D eigenvalue weighted by atomic mass is 10.2. The van der Waals surface area contributed by atoms with E-state index in [4.69, 9.17) is 5.11 Å². The summed E-state index contributed by atoms with van der Waals surface area (Å²) >= 11 is 0. The first kappa shape index (κ1) is 13.5. The van der Waals surface area contributed by atoms with Crippen LogP contribution in [-0.2, 0) is 9.59 Å². The minimum atomic E-state index is -0.0992. The third-order valence-electron chi connectivity index (χ3n) is 3.94. The fourth-order valence-electron chi connectivity index (χ4n) is 2.96. The lowest BCUT2D eigenvalue weighted by molar-refractivity contribution is -0.142. The predicted octanol–water partition coefficient (Wildman–Crippen LogP) is 0.372. The van der Waals surface area contributed by atoms with Crippen molar-refractivity contribution in [3.8, 4) is 0 Å². The molecule has 2 fully saturated rings. The predicted molar refractivity (Wildman–Crippen MR) is 66.9 cm³/mol. The highest BCUT2D eigenvalue weighted by atomic mass is 16.3. The standard InChI is InChI=1S/C13H22N2O3/c16-9-8-14(11-4-1-2-5-11)10-13(18)15-7-3-6-12(15)17/h11,16H,1-10H2. The quantitative estimate of drug-likeness (QED) is 0.770. The highest BCUT2D eigenvalue weighted by Crippen LogP contribution is 2.23. The van der Waals surface area contributed by atoms with Crippen LogP contribution in [0.2, 0.25) is 0 Å². The minimum absolute atomic E-state index is 0.0460. The molecular formula is C13H22N2O3. The van der Waals surface area contributed by atoms with Crippen molar-refractivity contribution < 1.29 is 14.7 Å². The molecule has 1 aliphatic carbocycles. The number of aliphatic hydroxyl groups is 1. The zero-order valence-electron chi connectivity index (χ0n) is 10.8. The van der Waals surface area contributed by atoms with Gasteiger partial charge in [0.05, 0.1) is 13.2 Å². The van der Waals surface area contributed by atoms with Gasteiger partial charge in [0.15, 0.2) is 0 Å². The Bertz CT molecular complexity index is 313. The Morgan fingerprint density at radius 2 is 2.06 bits per heavy atom. The van der Waals surface area contributed by atoms with Crippen molar-refractivity contribution in [3.05, 3.63) is 0 Å². The average Bonchev–Trinajstić information content (AvgIpc) is 2.98. The molecule has 1 saturated heterocycles. The van der Waals surface area contributed by atoms with E-state index in [2.05, 4.69) is 0 Å². The van der Waals surface area contributed by atoms with Crippen LogP contribution >= 0.6 is 0 Å². The summed E-state index contributed by atoms with van der Waals surface area (Å²) in [6.45, 7) is 1.43. The molecule has 0 bridgehead atoms. The Hall–Kier alpha value is -0.940. The molecule has 102 valence electrons. The van der Waals surface area contributed by atoms with Crippen molar-refractivity contribution in [3.63, 3.8) is 0 Å². The van der Waals surface area contributed by atoms with Gasteiger partial charge in [-0.25, -0.2) is 0 Å². The number of carbonyl (C=O) groups excluding carboxylic acids is 2. The van der Waals surface area contributed by atoms with Crippen molar-refractivity contribution >= 4 is 11.8 Å². The molecule has 0 spiro atoms. The summed E-state index contributed by atoms with van der Waals surface area (Å²) in [4.78, 5) is 27.0. The largest absolute Gasteiger partial charge is 0.395 e. The van der Waals surface area contributed by atoms with Crippen molar-refractivity contribution in [1.29, 1.82) is 0 Å². The molecule has 1 N–H and O–H groups in total. The smallest absolute Gasteiger partial charge is 0.243 e. The van der Waals surface area contributed by atoms with E-state index in [0.29, 0.717) is 25.6 Å². The van der Waals surface area contributed by atoms with Crippen LogP contribution in [0.1, 0.15) is 38.5 Å². The van der Waals surface area contributed by atoms with E-state index in [-0.39, 0.29) is 25.0 Å². The Morgan fingerprint density at radius 1 is 1.33 bits per heavy atom. The van der Waals surface area contributed by atoms with Crippen molar-refractivity contribution in [2.75, 3.05) is 26.2 Å². The molecule has 0 aromatic carbocycles. The average molecular weight is 254 g/mol. The zero-order valence-corrected chi connectivity index (χ0v) is 10.8. The molecule has 2 aliphatic rings. The molecule has 0 aromatic rings. The van der Waals surface area contributed by atoms with E-state index in [1.54, 1.807) is 0 Å². The number of rotatable bonds is 5. The van der Waals surface area contributed by atoms with Crippen molar-refractivity contribution in [2.24, 2.45) is 0 Å². The normalized spacial score (nSPS) is 21.2. The third-order valence-corrected chi connectivity index (χ3v) is 3.94. The molecule has 5 nitrogen and oxygen atoms in total. The van der Waals surface area contributed by atoms with Gasteiger partial charge in [-0.05, 0) is 19.3 Å². The lowest BCUT2D eigenvalue weighted by Gasteiger charge is -2.28. The second-order valence-corrected chi connectivity index (χ2v) is 5.18. The van der Waals surface area contributed by atoms with Crippen LogP contribution in [0.15, 0.2) is 0 Å². The van der Waals surface area contributed by atoms with E-state index in [1.807, 2.05) is 4.90 Å². The number of amides is 2. The van der Waals surface area contributed by atoms with Gasteiger partial charge in [0.25, 0.3) is 0 Å². The van der Waals surface area contributed by atoms with Crippen LogP contribution in [-0.4, -0.2) is 59.0 Å². The molecule has 1 heterocycles. The number of hydrogen-bond acceptors (Lipinski definition) is 4. The van der Waals surface area contributed by atoms with Gasteiger partial charge in [-0.3, -0.25) is 19.4 Å². The van der Waals surface area contributed by atoms with E-state index in [0.717, 1.165) is 19.3 Å². The number of carbonyl (C=O) groups is 2. The lowest BCUT2D eigenvalue weighted by Crippen LogP contribution is -2.45. The van der Waals surface area contributed by atoms with Crippen LogP contribution in [0.5, 0.6) is 0 Å². The minimum Gasteiger partial charge on any atom is -0.395 e. The number of hydrogen-bond donors (Lipinski definition) is 1. The Labute approximate surface area is 108 Å².